The number of hydrogen-bond donors (Lipinski definition) is 0. The van der Waals surface area contributed by atoms with Crippen molar-refractivity contribution in [2.24, 2.45) is 0 Å². The fourth-order valence-electron chi connectivity index (χ4n) is 2.60. The number of fused-ring (bicyclic) bond motifs is 1. The zero-order valence-corrected chi connectivity index (χ0v) is 11.5. The number of rotatable bonds is 2. The average molecular weight is 260 g/mol. The topological polar surface area (TPSA) is 34.9 Å². The summed E-state index contributed by atoms with van der Waals surface area (Å²) in [6, 6.07) is 2.19. The molecule has 1 atom stereocenters. The number of carbonyl (C=O) groups is 1. The van der Waals surface area contributed by atoms with Crippen LogP contribution in [0.4, 0.5) is 0 Å². The summed E-state index contributed by atoms with van der Waals surface area (Å²) < 4.78 is 2.21. The molecule has 3 nitrogen and oxygen atoms in total. The van der Waals surface area contributed by atoms with Crippen molar-refractivity contribution in [2.45, 2.75) is 39.2 Å². The van der Waals surface area contributed by atoms with Crippen LogP contribution in [0.2, 0.25) is 0 Å². The Balaban J connectivity index is 2.00. The molecule has 0 bridgehead atoms. The summed E-state index contributed by atoms with van der Waals surface area (Å²) in [5.74, 6) is 0.289. The minimum atomic E-state index is 0.221. The second-order valence-corrected chi connectivity index (χ2v) is 6.11. The predicted molar refractivity (Wildman–Crippen MR) is 72.4 cm³/mol. The fourth-order valence-corrected chi connectivity index (χ4v) is 3.42. The molecule has 0 amide bonds. The number of nitrogens with zero attached hydrogens (tertiary/aromatic N) is 2. The van der Waals surface area contributed by atoms with Crippen molar-refractivity contribution in [2.75, 3.05) is 0 Å². The highest BCUT2D eigenvalue weighted by Gasteiger charge is 2.23. The number of carbonyl (C=O) groups excluding carboxylic acids is 1. The van der Waals surface area contributed by atoms with Crippen LogP contribution in [0.15, 0.2) is 18.5 Å². The average Bonchev–Trinajstić information content (AvgIpc) is 2.95. The molecular weight excluding hydrogens is 244 g/mol. The number of aromatic nitrogens is 2. The van der Waals surface area contributed by atoms with Crippen LogP contribution >= 0.6 is 11.3 Å². The largest absolute Gasteiger partial charge is 0.341 e. The molecule has 1 unspecified atom stereocenters. The lowest BCUT2D eigenvalue weighted by molar-refractivity contribution is 0.0971. The monoisotopic (exact) mass is 260 g/mol. The van der Waals surface area contributed by atoms with E-state index in [0.29, 0.717) is 6.42 Å². The Kier molecular flexibility index (Phi) is 2.82. The molecule has 0 aliphatic heterocycles. The maximum Gasteiger partial charge on any atom is 0.164 e. The molecule has 0 spiro atoms. The SMILES string of the molecule is Cc1cnc(C(C)n2ccc3c2CCCC3=O)s1. The van der Waals surface area contributed by atoms with Crippen molar-refractivity contribution >= 4 is 17.1 Å². The summed E-state index contributed by atoms with van der Waals surface area (Å²) in [5, 5.41) is 1.11. The van der Waals surface area contributed by atoms with E-state index in [9.17, 15) is 4.79 Å². The molecule has 0 N–H and O–H groups in total. The zero-order valence-electron chi connectivity index (χ0n) is 10.6. The molecule has 0 fully saturated rings. The van der Waals surface area contributed by atoms with Crippen molar-refractivity contribution < 1.29 is 4.79 Å². The molecule has 4 heteroatoms. The minimum absolute atomic E-state index is 0.221. The highest BCUT2D eigenvalue weighted by molar-refractivity contribution is 7.11. The second-order valence-electron chi connectivity index (χ2n) is 4.85. The Morgan fingerprint density at radius 1 is 1.44 bits per heavy atom. The van der Waals surface area contributed by atoms with Crippen molar-refractivity contribution in [3.63, 3.8) is 0 Å². The van der Waals surface area contributed by atoms with Crippen LogP contribution in [0.5, 0.6) is 0 Å². The molecule has 2 aromatic heterocycles. The van der Waals surface area contributed by atoms with Gasteiger partial charge < -0.3 is 4.57 Å². The molecule has 0 saturated heterocycles. The van der Waals surface area contributed by atoms with Gasteiger partial charge >= 0.3 is 0 Å². The minimum Gasteiger partial charge on any atom is -0.341 e. The summed E-state index contributed by atoms with van der Waals surface area (Å²) in [4.78, 5) is 17.5. The van der Waals surface area contributed by atoms with E-state index in [2.05, 4.69) is 23.4 Å². The van der Waals surface area contributed by atoms with Crippen molar-refractivity contribution in [3.8, 4) is 0 Å². The summed E-state index contributed by atoms with van der Waals surface area (Å²) >= 11 is 1.73. The second kappa shape index (κ2) is 4.35. The van der Waals surface area contributed by atoms with E-state index in [1.807, 2.05) is 18.5 Å². The summed E-state index contributed by atoms with van der Waals surface area (Å²) in [5.41, 5.74) is 2.10. The quantitative estimate of drug-likeness (QED) is 0.829. The van der Waals surface area contributed by atoms with E-state index in [0.717, 1.165) is 23.4 Å². The van der Waals surface area contributed by atoms with Crippen molar-refractivity contribution in [1.29, 1.82) is 0 Å². The standard InChI is InChI=1S/C14H16N2OS/c1-9-8-15-14(18-9)10(2)16-7-6-11-12(16)4-3-5-13(11)17/h6-8,10H,3-5H2,1-2H3. The molecule has 2 aromatic rings. The zero-order chi connectivity index (χ0) is 12.7. The van der Waals surface area contributed by atoms with Gasteiger partial charge in [0.2, 0.25) is 0 Å². The van der Waals surface area contributed by atoms with Gasteiger partial charge in [-0.1, -0.05) is 0 Å². The Morgan fingerprint density at radius 3 is 3.00 bits per heavy atom. The van der Waals surface area contributed by atoms with Gasteiger partial charge in [0.25, 0.3) is 0 Å². The third-order valence-corrected chi connectivity index (χ3v) is 4.64. The summed E-state index contributed by atoms with van der Waals surface area (Å²) in [6.45, 7) is 4.22. The normalized spacial score (nSPS) is 16.7. The third kappa shape index (κ3) is 1.81. The first-order chi connectivity index (χ1) is 8.66. The molecule has 3 rings (SSSR count). The van der Waals surface area contributed by atoms with E-state index >= 15 is 0 Å². The maximum atomic E-state index is 11.8. The van der Waals surface area contributed by atoms with Crippen molar-refractivity contribution in [1.82, 2.24) is 9.55 Å². The van der Waals surface area contributed by atoms with E-state index in [1.54, 1.807) is 11.3 Å². The summed E-state index contributed by atoms with van der Waals surface area (Å²) in [7, 11) is 0. The van der Waals surface area contributed by atoms with Crippen LogP contribution < -0.4 is 0 Å². The predicted octanol–water partition coefficient (Wildman–Crippen LogP) is 3.38. The fraction of sp³-hybridized carbons (Fsp3) is 0.429. The molecule has 18 heavy (non-hydrogen) atoms. The Labute approximate surface area is 110 Å². The molecule has 1 aliphatic carbocycles. The number of hydrogen-bond acceptors (Lipinski definition) is 3. The van der Waals surface area contributed by atoms with Gasteiger partial charge in [-0.25, -0.2) is 4.98 Å². The van der Waals surface area contributed by atoms with E-state index in [4.69, 9.17) is 0 Å². The highest BCUT2D eigenvalue weighted by atomic mass is 32.1. The summed E-state index contributed by atoms with van der Waals surface area (Å²) in [6.07, 6.45) is 6.62. The number of aryl methyl sites for hydroxylation is 1. The molecule has 1 aliphatic rings. The molecule has 0 saturated carbocycles. The molecule has 0 radical (unpaired) electrons. The van der Waals surface area contributed by atoms with E-state index < -0.39 is 0 Å². The maximum absolute atomic E-state index is 11.8. The van der Waals surface area contributed by atoms with Gasteiger partial charge in [0, 0.05) is 34.9 Å². The van der Waals surface area contributed by atoms with E-state index in [1.165, 1.54) is 10.6 Å². The first-order valence-corrected chi connectivity index (χ1v) is 7.13. The Morgan fingerprint density at radius 2 is 2.28 bits per heavy atom. The smallest absolute Gasteiger partial charge is 0.164 e. The van der Waals surface area contributed by atoms with Gasteiger partial charge in [-0.3, -0.25) is 4.79 Å². The van der Waals surface area contributed by atoms with Gasteiger partial charge in [0.15, 0.2) is 5.78 Å². The molecule has 0 aromatic carbocycles. The Hall–Kier alpha value is -1.42. The van der Waals surface area contributed by atoms with Gasteiger partial charge in [-0.05, 0) is 32.8 Å². The lowest BCUT2D eigenvalue weighted by atomic mass is 9.96. The lowest BCUT2D eigenvalue weighted by Gasteiger charge is -2.18. The molecule has 94 valence electrons. The highest BCUT2D eigenvalue weighted by Crippen LogP contribution is 2.29. The van der Waals surface area contributed by atoms with Crippen LogP contribution in [0.25, 0.3) is 0 Å². The number of ketones is 1. The van der Waals surface area contributed by atoms with Crippen LogP contribution in [0, 0.1) is 6.92 Å². The first-order valence-electron chi connectivity index (χ1n) is 6.32. The lowest BCUT2D eigenvalue weighted by Crippen LogP contribution is -2.15. The van der Waals surface area contributed by atoms with Crippen molar-refractivity contribution in [3.05, 3.63) is 39.6 Å². The van der Waals surface area contributed by atoms with Gasteiger partial charge in [0.1, 0.15) is 5.01 Å². The van der Waals surface area contributed by atoms with Gasteiger partial charge in [-0.15, -0.1) is 11.3 Å². The van der Waals surface area contributed by atoms with Crippen LogP contribution in [-0.2, 0) is 6.42 Å². The van der Waals surface area contributed by atoms with Crippen LogP contribution in [0.1, 0.15) is 51.7 Å². The number of thiazole rings is 1. The van der Waals surface area contributed by atoms with Gasteiger partial charge in [0.05, 0.1) is 6.04 Å². The molecule has 2 heterocycles. The van der Waals surface area contributed by atoms with Gasteiger partial charge in [-0.2, -0.15) is 0 Å². The third-order valence-electron chi connectivity index (χ3n) is 3.56. The Bertz CT molecular complexity index is 597. The first kappa shape index (κ1) is 11.7. The number of Topliss-reactive ketones (excluding diaryl/α,β-unsaturated/α-hetero) is 1. The van der Waals surface area contributed by atoms with Crippen LogP contribution in [-0.4, -0.2) is 15.3 Å². The molecular formula is C14H16N2OS. The van der Waals surface area contributed by atoms with E-state index in [-0.39, 0.29) is 11.8 Å². The van der Waals surface area contributed by atoms with Crippen LogP contribution in [0.3, 0.4) is 0 Å².